The van der Waals surface area contributed by atoms with Crippen LogP contribution in [-0.2, 0) is 9.53 Å². The first-order chi connectivity index (χ1) is 7.85. The van der Waals surface area contributed by atoms with Crippen molar-refractivity contribution in [2.45, 2.75) is 53.0 Å². The third kappa shape index (κ3) is 5.87. The molecule has 0 amide bonds. The number of hydrogen-bond donors (Lipinski definition) is 0. The molecule has 0 bridgehead atoms. The van der Waals surface area contributed by atoms with E-state index in [0.717, 1.165) is 25.9 Å². The molecule has 0 aliphatic rings. The monoisotopic (exact) mass is 241 g/mol. The molecular formula is C14H27NO2. The molecule has 0 atom stereocenters. The van der Waals surface area contributed by atoms with E-state index in [2.05, 4.69) is 39.2 Å². The molecule has 0 spiro atoms. The Bertz CT molecular complexity index is 259. The lowest BCUT2D eigenvalue weighted by molar-refractivity contribution is -0.139. The molecule has 0 unspecified atom stereocenters. The van der Waals surface area contributed by atoms with Gasteiger partial charge in [0.05, 0.1) is 0 Å². The molecule has 0 radical (unpaired) electrons. The van der Waals surface area contributed by atoms with E-state index in [1.54, 1.807) is 6.92 Å². The summed E-state index contributed by atoms with van der Waals surface area (Å²) in [6.07, 6.45) is 2.19. The molecule has 0 aromatic rings. The summed E-state index contributed by atoms with van der Waals surface area (Å²) in [5.74, 6) is -0.296. The molecule has 3 nitrogen and oxygen atoms in total. The van der Waals surface area contributed by atoms with Crippen LogP contribution in [0.3, 0.4) is 0 Å². The second-order valence-corrected chi connectivity index (χ2v) is 5.07. The first-order valence-corrected chi connectivity index (χ1v) is 6.42. The van der Waals surface area contributed by atoms with Gasteiger partial charge >= 0.3 is 5.97 Å². The van der Waals surface area contributed by atoms with E-state index < -0.39 is 0 Å². The van der Waals surface area contributed by atoms with Crippen molar-refractivity contribution in [1.82, 2.24) is 4.90 Å². The van der Waals surface area contributed by atoms with Gasteiger partial charge in [-0.1, -0.05) is 20.4 Å². The predicted molar refractivity (Wildman–Crippen MR) is 72.0 cm³/mol. The highest BCUT2D eigenvalue weighted by atomic mass is 16.5. The molecular weight excluding hydrogens is 214 g/mol. The van der Waals surface area contributed by atoms with Gasteiger partial charge in [-0.2, -0.15) is 0 Å². The van der Waals surface area contributed by atoms with Crippen molar-refractivity contribution in [2.24, 2.45) is 0 Å². The van der Waals surface area contributed by atoms with E-state index in [1.807, 2.05) is 0 Å². The Labute approximate surface area is 106 Å². The van der Waals surface area contributed by atoms with Crippen LogP contribution in [0, 0.1) is 0 Å². The van der Waals surface area contributed by atoms with Crippen molar-refractivity contribution in [1.29, 1.82) is 0 Å². The van der Waals surface area contributed by atoms with E-state index in [-0.39, 0.29) is 11.5 Å². The van der Waals surface area contributed by atoms with Gasteiger partial charge in [0.15, 0.2) is 0 Å². The molecule has 3 heteroatoms. The summed E-state index contributed by atoms with van der Waals surface area (Å²) in [6, 6.07) is 0. The number of hydrogen-bond acceptors (Lipinski definition) is 3. The largest absolute Gasteiger partial charge is 0.461 e. The molecule has 0 aliphatic heterocycles. The summed E-state index contributed by atoms with van der Waals surface area (Å²) >= 11 is 0. The molecule has 0 aromatic carbocycles. The Kier molecular flexibility index (Phi) is 7.12. The SMILES string of the molecule is C=C(C)C(=O)OCCN(CCC)C(C)(C)CC. The quantitative estimate of drug-likeness (QED) is 0.483. The van der Waals surface area contributed by atoms with Gasteiger partial charge in [-0.25, -0.2) is 4.79 Å². The number of ether oxygens (including phenoxy) is 1. The Hall–Kier alpha value is -0.830. The maximum absolute atomic E-state index is 11.3. The Balaban J connectivity index is 4.19. The molecule has 0 rings (SSSR count). The molecule has 17 heavy (non-hydrogen) atoms. The normalized spacial score (nSPS) is 11.6. The highest BCUT2D eigenvalue weighted by molar-refractivity contribution is 5.86. The number of esters is 1. The summed E-state index contributed by atoms with van der Waals surface area (Å²) in [6.45, 7) is 16.3. The minimum absolute atomic E-state index is 0.158. The summed E-state index contributed by atoms with van der Waals surface area (Å²) in [7, 11) is 0. The Morgan fingerprint density at radius 3 is 2.29 bits per heavy atom. The van der Waals surface area contributed by atoms with Crippen LogP contribution in [0.2, 0.25) is 0 Å². The van der Waals surface area contributed by atoms with Gasteiger partial charge in [0, 0.05) is 17.7 Å². The minimum atomic E-state index is -0.296. The van der Waals surface area contributed by atoms with Crippen molar-refractivity contribution in [3.8, 4) is 0 Å². The minimum Gasteiger partial charge on any atom is -0.461 e. The maximum Gasteiger partial charge on any atom is 0.333 e. The van der Waals surface area contributed by atoms with Crippen LogP contribution in [0.5, 0.6) is 0 Å². The van der Waals surface area contributed by atoms with Gasteiger partial charge in [-0.15, -0.1) is 0 Å². The lowest BCUT2D eigenvalue weighted by Gasteiger charge is -2.37. The summed E-state index contributed by atoms with van der Waals surface area (Å²) < 4.78 is 5.14. The van der Waals surface area contributed by atoms with Crippen LogP contribution in [0.15, 0.2) is 12.2 Å². The first kappa shape index (κ1) is 16.2. The number of carbonyl (C=O) groups excluding carboxylic acids is 1. The van der Waals surface area contributed by atoms with Crippen molar-refractivity contribution in [2.75, 3.05) is 19.7 Å². The molecule has 0 fully saturated rings. The van der Waals surface area contributed by atoms with Crippen LogP contribution in [-0.4, -0.2) is 36.1 Å². The van der Waals surface area contributed by atoms with Crippen LogP contribution in [0.1, 0.15) is 47.5 Å². The zero-order valence-corrected chi connectivity index (χ0v) is 12.0. The highest BCUT2D eigenvalue weighted by Crippen LogP contribution is 2.18. The fourth-order valence-corrected chi connectivity index (χ4v) is 1.58. The molecule has 0 saturated heterocycles. The summed E-state index contributed by atoms with van der Waals surface area (Å²) in [4.78, 5) is 13.6. The van der Waals surface area contributed by atoms with Gasteiger partial charge in [0.2, 0.25) is 0 Å². The Morgan fingerprint density at radius 1 is 1.29 bits per heavy atom. The standard InChI is InChI=1S/C14H27NO2/c1-7-9-15(14(5,6)8-2)10-11-17-13(16)12(3)4/h3,7-11H2,1-2,4-6H3. The van der Waals surface area contributed by atoms with Crippen LogP contribution >= 0.6 is 0 Å². The maximum atomic E-state index is 11.3. The van der Waals surface area contributed by atoms with Gasteiger partial charge < -0.3 is 4.74 Å². The first-order valence-electron chi connectivity index (χ1n) is 6.42. The summed E-state index contributed by atoms with van der Waals surface area (Å²) in [5, 5.41) is 0. The Morgan fingerprint density at radius 2 is 1.88 bits per heavy atom. The average Bonchev–Trinajstić information content (AvgIpc) is 2.27. The van der Waals surface area contributed by atoms with E-state index in [4.69, 9.17) is 4.74 Å². The fraction of sp³-hybridized carbons (Fsp3) is 0.786. The summed E-state index contributed by atoms with van der Waals surface area (Å²) in [5.41, 5.74) is 0.618. The smallest absolute Gasteiger partial charge is 0.333 e. The molecule has 0 N–H and O–H groups in total. The van der Waals surface area contributed by atoms with E-state index in [9.17, 15) is 4.79 Å². The lowest BCUT2D eigenvalue weighted by Crippen LogP contribution is -2.45. The van der Waals surface area contributed by atoms with Gasteiger partial charge in [0.1, 0.15) is 6.61 Å². The fourth-order valence-electron chi connectivity index (χ4n) is 1.58. The van der Waals surface area contributed by atoms with Gasteiger partial charge in [0.25, 0.3) is 0 Å². The second kappa shape index (κ2) is 7.49. The average molecular weight is 241 g/mol. The zero-order chi connectivity index (χ0) is 13.5. The molecule has 0 aromatic heterocycles. The number of rotatable bonds is 8. The van der Waals surface area contributed by atoms with E-state index in [1.165, 1.54) is 0 Å². The molecule has 0 saturated carbocycles. The second-order valence-electron chi connectivity index (χ2n) is 5.07. The third-order valence-corrected chi connectivity index (χ3v) is 3.16. The predicted octanol–water partition coefficient (Wildman–Crippen LogP) is 3.01. The van der Waals surface area contributed by atoms with Crippen molar-refractivity contribution in [3.63, 3.8) is 0 Å². The van der Waals surface area contributed by atoms with Gasteiger partial charge in [-0.3, -0.25) is 4.90 Å². The van der Waals surface area contributed by atoms with Crippen LogP contribution in [0.4, 0.5) is 0 Å². The lowest BCUT2D eigenvalue weighted by atomic mass is 9.99. The molecule has 0 heterocycles. The van der Waals surface area contributed by atoms with E-state index in [0.29, 0.717) is 12.2 Å². The molecule has 100 valence electrons. The van der Waals surface area contributed by atoms with Crippen LogP contribution < -0.4 is 0 Å². The molecule has 0 aliphatic carbocycles. The number of carbonyl (C=O) groups is 1. The zero-order valence-electron chi connectivity index (χ0n) is 12.0. The number of nitrogens with zero attached hydrogens (tertiary/aromatic N) is 1. The van der Waals surface area contributed by atoms with E-state index >= 15 is 0 Å². The van der Waals surface area contributed by atoms with Crippen molar-refractivity contribution < 1.29 is 9.53 Å². The van der Waals surface area contributed by atoms with Gasteiger partial charge in [-0.05, 0) is 40.2 Å². The van der Waals surface area contributed by atoms with Crippen LogP contribution in [0.25, 0.3) is 0 Å². The topological polar surface area (TPSA) is 29.5 Å². The third-order valence-electron chi connectivity index (χ3n) is 3.16. The van der Waals surface area contributed by atoms with Crippen molar-refractivity contribution in [3.05, 3.63) is 12.2 Å². The van der Waals surface area contributed by atoms with Crippen molar-refractivity contribution >= 4 is 5.97 Å². The highest BCUT2D eigenvalue weighted by Gasteiger charge is 2.23.